The number of nitriles is 1. The Morgan fingerprint density at radius 2 is 2.22 bits per heavy atom. The molecule has 7 nitrogen and oxygen atoms in total. The van der Waals surface area contributed by atoms with Crippen LogP contribution >= 0.6 is 0 Å². The van der Waals surface area contributed by atoms with Gasteiger partial charge in [-0.1, -0.05) is 0 Å². The molecular weight excluding hydrogens is 240 g/mol. The van der Waals surface area contributed by atoms with Crippen molar-refractivity contribution in [3.05, 3.63) is 33.9 Å². The number of nitro benzene ring substituents is 1. The Morgan fingerprint density at radius 3 is 2.72 bits per heavy atom. The van der Waals surface area contributed by atoms with Crippen LogP contribution in [0.1, 0.15) is 17.3 Å². The molecule has 0 fully saturated rings. The molecule has 0 amide bonds. The summed E-state index contributed by atoms with van der Waals surface area (Å²) in [5, 5.41) is 19.1. The molecule has 1 aromatic carbocycles. The van der Waals surface area contributed by atoms with Crippen molar-refractivity contribution in [3.63, 3.8) is 0 Å². The lowest BCUT2D eigenvalue weighted by atomic mass is 10.2. The van der Waals surface area contributed by atoms with Gasteiger partial charge in [-0.15, -0.1) is 0 Å². The van der Waals surface area contributed by atoms with Gasteiger partial charge >= 0.3 is 5.97 Å². The fourth-order valence-electron chi connectivity index (χ4n) is 1.22. The van der Waals surface area contributed by atoms with E-state index in [4.69, 9.17) is 14.7 Å². The van der Waals surface area contributed by atoms with E-state index in [1.807, 2.05) is 0 Å². The second-order valence-corrected chi connectivity index (χ2v) is 3.32. The van der Waals surface area contributed by atoms with E-state index in [1.54, 1.807) is 6.07 Å². The number of esters is 1. The second-order valence-electron chi connectivity index (χ2n) is 3.32. The molecule has 0 N–H and O–H groups in total. The molecule has 0 aromatic heterocycles. The van der Waals surface area contributed by atoms with E-state index in [0.29, 0.717) is 0 Å². The Hall–Kier alpha value is -2.62. The summed E-state index contributed by atoms with van der Waals surface area (Å²) in [6.45, 7) is 1.39. The fourth-order valence-corrected chi connectivity index (χ4v) is 1.22. The molecule has 0 heterocycles. The van der Waals surface area contributed by atoms with Crippen molar-refractivity contribution >= 4 is 11.7 Å². The summed E-state index contributed by atoms with van der Waals surface area (Å²) in [6, 6.07) is 5.28. The number of nitro groups is 1. The average molecular weight is 250 g/mol. The minimum absolute atomic E-state index is 0.0891. The van der Waals surface area contributed by atoms with Gasteiger partial charge in [0.2, 0.25) is 0 Å². The number of methoxy groups -OCH3 is 1. The smallest absolute Gasteiger partial charge is 0.343 e. The highest BCUT2D eigenvalue weighted by molar-refractivity contribution is 5.93. The summed E-state index contributed by atoms with van der Waals surface area (Å²) in [5.74, 6) is -0.694. The first-order chi connectivity index (χ1) is 8.49. The van der Waals surface area contributed by atoms with Gasteiger partial charge in [-0.05, 0) is 13.0 Å². The van der Waals surface area contributed by atoms with Crippen LogP contribution in [0.2, 0.25) is 0 Å². The zero-order valence-corrected chi connectivity index (χ0v) is 9.75. The second kappa shape index (κ2) is 5.63. The van der Waals surface area contributed by atoms with Crippen molar-refractivity contribution in [1.82, 2.24) is 0 Å². The van der Waals surface area contributed by atoms with E-state index in [-0.39, 0.29) is 17.0 Å². The van der Waals surface area contributed by atoms with Crippen LogP contribution in [0.15, 0.2) is 18.2 Å². The van der Waals surface area contributed by atoms with Crippen LogP contribution in [0.4, 0.5) is 5.69 Å². The van der Waals surface area contributed by atoms with Gasteiger partial charge in [0.1, 0.15) is 17.4 Å². The molecule has 0 spiro atoms. The summed E-state index contributed by atoms with van der Waals surface area (Å²) in [6.07, 6.45) is -0.943. The molecular formula is C11H10N2O5. The number of hydrogen-bond donors (Lipinski definition) is 0. The number of hydrogen-bond acceptors (Lipinski definition) is 6. The number of carbonyl (C=O) groups excluding carboxylic acids is 1. The third kappa shape index (κ3) is 2.95. The Bertz CT molecular complexity index is 521. The first kappa shape index (κ1) is 13.4. The molecule has 0 aliphatic heterocycles. The number of nitrogens with zero attached hydrogens (tertiary/aromatic N) is 2. The van der Waals surface area contributed by atoms with E-state index in [9.17, 15) is 14.9 Å². The number of non-ortho nitro benzene ring substituents is 1. The highest BCUT2D eigenvalue weighted by atomic mass is 16.6. The van der Waals surface area contributed by atoms with E-state index in [1.165, 1.54) is 26.2 Å². The van der Waals surface area contributed by atoms with Crippen LogP contribution in [0.5, 0.6) is 5.75 Å². The lowest BCUT2D eigenvalue weighted by molar-refractivity contribution is -0.384. The van der Waals surface area contributed by atoms with Gasteiger partial charge in [0.25, 0.3) is 5.69 Å². The van der Waals surface area contributed by atoms with Crippen molar-refractivity contribution in [2.24, 2.45) is 0 Å². The fraction of sp³-hybridized carbons (Fsp3) is 0.273. The third-order valence-electron chi connectivity index (χ3n) is 2.08. The Kier molecular flexibility index (Phi) is 4.21. The minimum Gasteiger partial charge on any atom is -0.496 e. The quantitative estimate of drug-likeness (QED) is 0.457. The number of rotatable bonds is 4. The van der Waals surface area contributed by atoms with E-state index in [2.05, 4.69) is 0 Å². The first-order valence-corrected chi connectivity index (χ1v) is 4.92. The van der Waals surface area contributed by atoms with E-state index in [0.717, 1.165) is 6.07 Å². The van der Waals surface area contributed by atoms with E-state index < -0.39 is 17.0 Å². The number of carbonyl (C=O) groups is 1. The number of benzene rings is 1. The van der Waals surface area contributed by atoms with Crippen LogP contribution in [-0.4, -0.2) is 24.1 Å². The summed E-state index contributed by atoms with van der Waals surface area (Å²) in [4.78, 5) is 21.7. The summed E-state index contributed by atoms with van der Waals surface area (Å²) < 4.78 is 9.67. The molecule has 0 saturated carbocycles. The molecule has 1 rings (SSSR count). The van der Waals surface area contributed by atoms with Gasteiger partial charge in [-0.2, -0.15) is 5.26 Å². The molecule has 0 radical (unpaired) electrons. The summed E-state index contributed by atoms with van der Waals surface area (Å²) >= 11 is 0. The van der Waals surface area contributed by atoms with Crippen molar-refractivity contribution < 1.29 is 19.2 Å². The Balaban J connectivity index is 3.12. The van der Waals surface area contributed by atoms with Crippen LogP contribution in [-0.2, 0) is 4.74 Å². The molecule has 0 aliphatic carbocycles. The maximum Gasteiger partial charge on any atom is 0.343 e. The molecule has 0 aliphatic rings. The molecule has 94 valence electrons. The normalized spacial score (nSPS) is 11.2. The van der Waals surface area contributed by atoms with Crippen LogP contribution < -0.4 is 4.74 Å². The topological polar surface area (TPSA) is 102 Å². The third-order valence-corrected chi connectivity index (χ3v) is 2.08. The zero-order valence-electron chi connectivity index (χ0n) is 9.75. The van der Waals surface area contributed by atoms with Gasteiger partial charge in [-0.25, -0.2) is 4.79 Å². The Labute approximate surface area is 103 Å². The Morgan fingerprint density at radius 1 is 1.56 bits per heavy atom. The predicted molar refractivity (Wildman–Crippen MR) is 60.1 cm³/mol. The maximum absolute atomic E-state index is 11.7. The molecule has 1 aromatic rings. The van der Waals surface area contributed by atoms with Gasteiger partial charge in [0.15, 0.2) is 6.10 Å². The maximum atomic E-state index is 11.7. The van der Waals surface area contributed by atoms with Gasteiger partial charge in [0.05, 0.1) is 12.0 Å². The summed E-state index contributed by atoms with van der Waals surface area (Å²) in [7, 11) is 1.33. The van der Waals surface area contributed by atoms with Crippen molar-refractivity contribution in [2.45, 2.75) is 13.0 Å². The van der Waals surface area contributed by atoms with Gasteiger partial charge in [0, 0.05) is 12.1 Å². The van der Waals surface area contributed by atoms with Crippen molar-refractivity contribution in [3.8, 4) is 11.8 Å². The zero-order chi connectivity index (χ0) is 13.7. The van der Waals surface area contributed by atoms with E-state index >= 15 is 0 Å². The molecule has 18 heavy (non-hydrogen) atoms. The highest BCUT2D eigenvalue weighted by Gasteiger charge is 2.20. The minimum atomic E-state index is -0.943. The van der Waals surface area contributed by atoms with Crippen LogP contribution in [0.25, 0.3) is 0 Å². The van der Waals surface area contributed by atoms with Crippen LogP contribution in [0, 0.1) is 21.4 Å². The SMILES string of the molecule is COc1ccc([N+](=O)[O-])cc1C(=O)O[C@H](C)C#N. The highest BCUT2D eigenvalue weighted by Crippen LogP contribution is 2.24. The van der Waals surface area contributed by atoms with Gasteiger partial charge in [-0.3, -0.25) is 10.1 Å². The van der Waals surface area contributed by atoms with Gasteiger partial charge < -0.3 is 9.47 Å². The first-order valence-electron chi connectivity index (χ1n) is 4.92. The average Bonchev–Trinajstić information content (AvgIpc) is 2.37. The largest absolute Gasteiger partial charge is 0.496 e. The lowest BCUT2D eigenvalue weighted by Gasteiger charge is -2.09. The molecule has 1 atom stereocenters. The molecule has 0 bridgehead atoms. The summed E-state index contributed by atoms with van der Waals surface area (Å²) in [5.41, 5.74) is -0.346. The lowest BCUT2D eigenvalue weighted by Crippen LogP contribution is -2.14. The monoisotopic (exact) mass is 250 g/mol. The molecule has 0 unspecified atom stereocenters. The standard InChI is InChI=1S/C11H10N2O5/c1-7(6-12)18-11(14)9-5-8(13(15)16)3-4-10(9)17-2/h3-5,7H,1-2H3/t7-/m1/s1. The molecule has 0 saturated heterocycles. The molecule has 7 heteroatoms. The predicted octanol–water partition coefficient (Wildman–Crippen LogP) is 1.67. The van der Waals surface area contributed by atoms with Crippen LogP contribution in [0.3, 0.4) is 0 Å². The van der Waals surface area contributed by atoms with Crippen molar-refractivity contribution in [2.75, 3.05) is 7.11 Å². The number of ether oxygens (including phenoxy) is 2. The van der Waals surface area contributed by atoms with Crippen molar-refractivity contribution in [1.29, 1.82) is 5.26 Å².